The van der Waals surface area contributed by atoms with Crippen LogP contribution in [0.4, 0.5) is 5.69 Å². The molecule has 0 N–H and O–H groups in total. The minimum absolute atomic E-state index is 0.0819. The smallest absolute Gasteiger partial charge is 0.311 e. The minimum Gasteiger partial charge on any atom is -0.491 e. The molecule has 0 saturated heterocycles. The highest BCUT2D eigenvalue weighted by Gasteiger charge is 2.14. The Morgan fingerprint density at radius 2 is 2.06 bits per heavy atom. The molecule has 1 rings (SSSR count). The van der Waals surface area contributed by atoms with E-state index in [0.29, 0.717) is 19.0 Å². The summed E-state index contributed by atoms with van der Waals surface area (Å²) in [5, 5.41) is 10.6. The first-order chi connectivity index (χ1) is 7.69. The van der Waals surface area contributed by atoms with Gasteiger partial charge in [0.15, 0.2) is 0 Å². The van der Waals surface area contributed by atoms with Gasteiger partial charge in [0.25, 0.3) is 0 Å². The van der Waals surface area contributed by atoms with Crippen molar-refractivity contribution in [3.8, 4) is 11.5 Å². The summed E-state index contributed by atoms with van der Waals surface area (Å²) in [4.78, 5) is 10.1. The molecule has 0 unspecified atom stereocenters. The third kappa shape index (κ3) is 3.09. The number of hydrogen-bond donors (Lipinski definition) is 0. The zero-order valence-electron chi connectivity index (χ0n) is 9.13. The maximum atomic E-state index is 10.6. The summed E-state index contributed by atoms with van der Waals surface area (Å²) < 4.78 is 15.0. The van der Waals surface area contributed by atoms with Gasteiger partial charge in [-0.25, -0.2) is 0 Å². The fourth-order valence-corrected chi connectivity index (χ4v) is 1.14. The highest BCUT2D eigenvalue weighted by molar-refractivity contribution is 5.50. The molecule has 0 bridgehead atoms. The Morgan fingerprint density at radius 1 is 1.31 bits per heavy atom. The minimum atomic E-state index is -0.502. The number of hydrogen-bond acceptors (Lipinski definition) is 5. The number of nitro benzene ring substituents is 1. The van der Waals surface area contributed by atoms with E-state index in [1.807, 2.05) is 0 Å². The van der Waals surface area contributed by atoms with Crippen LogP contribution in [-0.4, -0.2) is 32.4 Å². The van der Waals surface area contributed by atoms with Gasteiger partial charge in [-0.05, 0) is 6.07 Å². The summed E-state index contributed by atoms with van der Waals surface area (Å²) in [6.07, 6.45) is 0. The van der Waals surface area contributed by atoms with Gasteiger partial charge in [-0.3, -0.25) is 10.1 Å². The fourth-order valence-electron chi connectivity index (χ4n) is 1.14. The fraction of sp³-hybridized carbons (Fsp3) is 0.400. The van der Waals surface area contributed by atoms with Crippen molar-refractivity contribution in [1.82, 2.24) is 0 Å². The van der Waals surface area contributed by atoms with Crippen LogP contribution >= 0.6 is 0 Å². The van der Waals surface area contributed by atoms with E-state index < -0.39 is 4.92 Å². The van der Waals surface area contributed by atoms with Crippen molar-refractivity contribution < 1.29 is 19.1 Å². The number of nitrogens with zero attached hydrogens (tertiary/aromatic N) is 1. The molecule has 0 heterocycles. The quantitative estimate of drug-likeness (QED) is 0.419. The van der Waals surface area contributed by atoms with Crippen LogP contribution in [0.3, 0.4) is 0 Å². The van der Waals surface area contributed by atoms with Crippen LogP contribution in [0.1, 0.15) is 0 Å². The molecular formula is C10H13NO5. The van der Waals surface area contributed by atoms with Gasteiger partial charge >= 0.3 is 5.69 Å². The summed E-state index contributed by atoms with van der Waals surface area (Å²) in [7, 11) is 2.95. The SMILES string of the molecule is COCCOc1ccc([N+](=O)[O-])c(OC)c1. The standard InChI is InChI=1S/C10H13NO5/c1-14-5-6-16-8-3-4-9(11(12)13)10(7-8)15-2/h3-4,7H,5-6H2,1-2H3. The van der Waals surface area contributed by atoms with E-state index in [0.717, 1.165) is 0 Å². The van der Waals surface area contributed by atoms with Gasteiger partial charge in [0.05, 0.1) is 18.6 Å². The predicted octanol–water partition coefficient (Wildman–Crippen LogP) is 1.63. The molecule has 0 spiro atoms. The Balaban J connectivity index is 2.78. The molecule has 6 nitrogen and oxygen atoms in total. The normalized spacial score (nSPS) is 9.88. The van der Waals surface area contributed by atoms with E-state index >= 15 is 0 Å². The first-order valence-corrected chi connectivity index (χ1v) is 4.63. The maximum absolute atomic E-state index is 10.6. The van der Waals surface area contributed by atoms with Gasteiger partial charge in [0.2, 0.25) is 5.75 Å². The predicted molar refractivity (Wildman–Crippen MR) is 57.0 cm³/mol. The Kier molecular flexibility index (Phi) is 4.53. The number of benzene rings is 1. The van der Waals surface area contributed by atoms with Crippen LogP contribution in [0.5, 0.6) is 11.5 Å². The second-order valence-electron chi connectivity index (χ2n) is 2.93. The summed E-state index contributed by atoms with van der Waals surface area (Å²) in [6.45, 7) is 0.844. The van der Waals surface area contributed by atoms with E-state index in [-0.39, 0.29) is 11.4 Å². The molecule has 0 atom stereocenters. The molecule has 1 aromatic carbocycles. The zero-order chi connectivity index (χ0) is 12.0. The van der Waals surface area contributed by atoms with Crippen LogP contribution in [0.15, 0.2) is 18.2 Å². The highest BCUT2D eigenvalue weighted by atomic mass is 16.6. The van der Waals surface area contributed by atoms with Crippen molar-refractivity contribution in [2.24, 2.45) is 0 Å². The van der Waals surface area contributed by atoms with Crippen molar-refractivity contribution in [2.45, 2.75) is 0 Å². The monoisotopic (exact) mass is 227 g/mol. The first kappa shape index (κ1) is 12.3. The molecular weight excluding hydrogens is 214 g/mol. The molecule has 16 heavy (non-hydrogen) atoms. The topological polar surface area (TPSA) is 70.8 Å². The van der Waals surface area contributed by atoms with Gasteiger partial charge in [-0.2, -0.15) is 0 Å². The third-order valence-corrected chi connectivity index (χ3v) is 1.90. The van der Waals surface area contributed by atoms with E-state index in [9.17, 15) is 10.1 Å². The van der Waals surface area contributed by atoms with Crippen LogP contribution in [0, 0.1) is 10.1 Å². The summed E-state index contributed by atoms with van der Waals surface area (Å²) in [5.41, 5.74) is -0.0819. The second-order valence-corrected chi connectivity index (χ2v) is 2.93. The van der Waals surface area contributed by atoms with Crippen molar-refractivity contribution in [3.05, 3.63) is 28.3 Å². The highest BCUT2D eigenvalue weighted by Crippen LogP contribution is 2.30. The average Bonchev–Trinajstić information content (AvgIpc) is 2.29. The molecule has 0 fully saturated rings. The van der Waals surface area contributed by atoms with E-state index in [1.54, 1.807) is 7.11 Å². The van der Waals surface area contributed by atoms with E-state index in [1.165, 1.54) is 25.3 Å². The zero-order valence-corrected chi connectivity index (χ0v) is 9.13. The number of nitro groups is 1. The van der Waals surface area contributed by atoms with Crippen molar-refractivity contribution >= 4 is 5.69 Å². The lowest BCUT2D eigenvalue weighted by Crippen LogP contribution is -2.04. The van der Waals surface area contributed by atoms with E-state index in [4.69, 9.17) is 14.2 Å². The van der Waals surface area contributed by atoms with E-state index in [2.05, 4.69) is 0 Å². The maximum Gasteiger partial charge on any atom is 0.311 e. The van der Waals surface area contributed by atoms with Crippen LogP contribution < -0.4 is 9.47 Å². The van der Waals surface area contributed by atoms with Gasteiger partial charge in [0.1, 0.15) is 12.4 Å². The lowest BCUT2D eigenvalue weighted by molar-refractivity contribution is -0.385. The van der Waals surface area contributed by atoms with Crippen LogP contribution in [0.2, 0.25) is 0 Å². The molecule has 0 amide bonds. The van der Waals surface area contributed by atoms with Crippen molar-refractivity contribution in [1.29, 1.82) is 0 Å². The van der Waals surface area contributed by atoms with Gasteiger partial charge in [0, 0.05) is 19.2 Å². The molecule has 0 aliphatic carbocycles. The molecule has 0 saturated carbocycles. The van der Waals surface area contributed by atoms with Crippen LogP contribution in [-0.2, 0) is 4.74 Å². The summed E-state index contributed by atoms with van der Waals surface area (Å²) in [6, 6.07) is 4.35. The summed E-state index contributed by atoms with van der Waals surface area (Å²) in [5.74, 6) is 0.694. The number of methoxy groups -OCH3 is 2. The molecule has 6 heteroatoms. The molecule has 0 aliphatic rings. The van der Waals surface area contributed by atoms with Crippen molar-refractivity contribution in [2.75, 3.05) is 27.4 Å². The Hall–Kier alpha value is -1.82. The molecule has 0 radical (unpaired) electrons. The van der Waals surface area contributed by atoms with Crippen molar-refractivity contribution in [3.63, 3.8) is 0 Å². The average molecular weight is 227 g/mol. The van der Waals surface area contributed by atoms with Gasteiger partial charge < -0.3 is 14.2 Å². The van der Waals surface area contributed by atoms with Gasteiger partial charge in [-0.15, -0.1) is 0 Å². The Morgan fingerprint density at radius 3 is 2.62 bits per heavy atom. The third-order valence-electron chi connectivity index (χ3n) is 1.90. The molecule has 0 aromatic heterocycles. The second kappa shape index (κ2) is 5.92. The lowest BCUT2D eigenvalue weighted by Gasteiger charge is -2.07. The van der Waals surface area contributed by atoms with Gasteiger partial charge in [-0.1, -0.05) is 0 Å². The first-order valence-electron chi connectivity index (χ1n) is 4.63. The lowest BCUT2D eigenvalue weighted by atomic mass is 10.3. The largest absolute Gasteiger partial charge is 0.491 e. The summed E-state index contributed by atoms with van der Waals surface area (Å²) >= 11 is 0. The van der Waals surface area contributed by atoms with Crippen LogP contribution in [0.25, 0.3) is 0 Å². The number of rotatable bonds is 6. The number of ether oxygens (including phenoxy) is 3. The molecule has 88 valence electrons. The Labute approximate surface area is 92.9 Å². The molecule has 0 aliphatic heterocycles. The molecule has 1 aromatic rings. The Bertz CT molecular complexity index is 366.